The summed E-state index contributed by atoms with van der Waals surface area (Å²) in [5.74, 6) is -0.773. The second-order valence-corrected chi connectivity index (χ2v) is 10.9. The van der Waals surface area contributed by atoms with Crippen molar-refractivity contribution >= 4 is 55.4 Å². The predicted octanol–water partition coefficient (Wildman–Crippen LogP) is 5.22. The molecule has 8 heteroatoms. The van der Waals surface area contributed by atoms with Crippen molar-refractivity contribution in [2.24, 2.45) is 5.73 Å². The highest BCUT2D eigenvalue weighted by molar-refractivity contribution is 7.21. The van der Waals surface area contributed by atoms with Crippen LogP contribution in [0.1, 0.15) is 86.7 Å². The van der Waals surface area contributed by atoms with E-state index in [0.29, 0.717) is 21.1 Å². The van der Waals surface area contributed by atoms with Crippen LogP contribution < -0.4 is 16.8 Å². The second kappa shape index (κ2) is 8.83. The van der Waals surface area contributed by atoms with Crippen LogP contribution in [0.2, 0.25) is 0 Å². The van der Waals surface area contributed by atoms with Crippen LogP contribution in [0.4, 0.5) is 10.7 Å². The van der Waals surface area contributed by atoms with E-state index in [2.05, 4.69) is 11.4 Å². The average Bonchev–Trinajstić information content (AvgIpc) is 3.13. The number of primary amides is 1. The van der Waals surface area contributed by atoms with Gasteiger partial charge in [0.15, 0.2) is 0 Å². The van der Waals surface area contributed by atoms with Crippen molar-refractivity contribution in [1.29, 1.82) is 0 Å². The van der Waals surface area contributed by atoms with Crippen LogP contribution in [0, 0.1) is 0 Å². The maximum absolute atomic E-state index is 13.3. The van der Waals surface area contributed by atoms with Gasteiger partial charge < -0.3 is 16.8 Å². The minimum Gasteiger partial charge on any atom is -0.397 e. The first kappa shape index (κ1) is 21.4. The molecule has 3 aromatic heterocycles. The zero-order valence-electron chi connectivity index (χ0n) is 18.1. The highest BCUT2D eigenvalue weighted by atomic mass is 32.1. The van der Waals surface area contributed by atoms with Gasteiger partial charge in [-0.15, -0.1) is 22.7 Å². The Morgan fingerprint density at radius 2 is 1.66 bits per heavy atom. The minimum absolute atomic E-state index is 0.294. The Hall–Kier alpha value is -2.45. The van der Waals surface area contributed by atoms with Gasteiger partial charge in [-0.05, 0) is 68.6 Å². The van der Waals surface area contributed by atoms with Gasteiger partial charge >= 0.3 is 0 Å². The number of nitrogens with one attached hydrogen (secondary N) is 1. The predicted molar refractivity (Wildman–Crippen MR) is 132 cm³/mol. The number of rotatable bonds is 3. The van der Waals surface area contributed by atoms with E-state index < -0.39 is 5.91 Å². The molecule has 0 bridgehead atoms. The average molecular weight is 469 g/mol. The third-order valence-electron chi connectivity index (χ3n) is 6.60. The van der Waals surface area contributed by atoms with Crippen LogP contribution in [0.3, 0.4) is 0 Å². The first-order valence-electron chi connectivity index (χ1n) is 11.5. The summed E-state index contributed by atoms with van der Waals surface area (Å²) in [6.07, 6.45) is 11.8. The van der Waals surface area contributed by atoms with Gasteiger partial charge in [0.05, 0.1) is 11.3 Å². The molecule has 0 aromatic carbocycles. The van der Waals surface area contributed by atoms with Crippen molar-refractivity contribution in [3.05, 3.63) is 38.2 Å². The smallest absolute Gasteiger partial charge is 0.268 e. The van der Waals surface area contributed by atoms with Crippen molar-refractivity contribution in [3.63, 3.8) is 0 Å². The van der Waals surface area contributed by atoms with Gasteiger partial charge in [-0.1, -0.05) is 19.3 Å². The van der Waals surface area contributed by atoms with Gasteiger partial charge in [0, 0.05) is 16.0 Å². The maximum atomic E-state index is 13.3. The van der Waals surface area contributed by atoms with E-state index in [9.17, 15) is 9.59 Å². The number of thiophene rings is 2. The van der Waals surface area contributed by atoms with Gasteiger partial charge in [0.1, 0.15) is 14.7 Å². The molecule has 6 nitrogen and oxygen atoms in total. The van der Waals surface area contributed by atoms with E-state index in [-0.39, 0.29) is 5.91 Å². The number of carbonyl (C=O) groups is 2. The maximum Gasteiger partial charge on any atom is 0.268 e. The Labute approximate surface area is 195 Å². The number of pyridine rings is 1. The van der Waals surface area contributed by atoms with E-state index in [4.69, 9.17) is 16.5 Å². The zero-order chi connectivity index (χ0) is 22.2. The van der Waals surface area contributed by atoms with Gasteiger partial charge in [-0.2, -0.15) is 0 Å². The van der Waals surface area contributed by atoms with Crippen molar-refractivity contribution in [1.82, 2.24) is 4.98 Å². The molecule has 3 heterocycles. The van der Waals surface area contributed by atoms with Crippen molar-refractivity contribution in [2.75, 3.05) is 11.1 Å². The Balaban J connectivity index is 1.49. The summed E-state index contributed by atoms with van der Waals surface area (Å²) in [5.41, 5.74) is 16.5. The molecular formula is C24H28N4O2S2. The normalized spacial score (nSPS) is 16.5. The van der Waals surface area contributed by atoms with Crippen molar-refractivity contribution < 1.29 is 9.59 Å². The van der Waals surface area contributed by atoms with Crippen LogP contribution in [0.25, 0.3) is 10.2 Å². The van der Waals surface area contributed by atoms with Gasteiger partial charge in [-0.25, -0.2) is 4.98 Å². The van der Waals surface area contributed by atoms with Crippen LogP contribution >= 0.6 is 22.7 Å². The van der Waals surface area contributed by atoms with Crippen LogP contribution in [0.5, 0.6) is 0 Å². The van der Waals surface area contributed by atoms with Crippen LogP contribution in [0.15, 0.2) is 6.07 Å². The third kappa shape index (κ3) is 3.90. The first-order chi connectivity index (χ1) is 15.5. The molecule has 0 saturated heterocycles. The molecule has 0 unspecified atom stereocenters. The molecule has 2 aliphatic carbocycles. The standard InChI is InChI=1S/C24H28N4O2S2/c25-19-15-12-13-8-4-3-6-10-16(13)27-23(15)32-20(19)22(30)28-24-18(21(26)29)14-9-5-1-2-7-11-17(14)31-24/h12H,1-11,25H2,(H2,26,29)(H,28,30). The Morgan fingerprint density at radius 1 is 0.938 bits per heavy atom. The quantitative estimate of drug-likeness (QED) is 0.458. The lowest BCUT2D eigenvalue weighted by Gasteiger charge is -2.10. The molecule has 0 spiro atoms. The summed E-state index contributed by atoms with van der Waals surface area (Å²) in [4.78, 5) is 32.8. The van der Waals surface area contributed by atoms with Crippen LogP contribution in [-0.4, -0.2) is 16.8 Å². The van der Waals surface area contributed by atoms with Crippen molar-refractivity contribution in [3.8, 4) is 0 Å². The summed E-state index contributed by atoms with van der Waals surface area (Å²) >= 11 is 2.81. The number of aryl methyl sites for hydroxylation is 3. The van der Waals surface area contributed by atoms with Gasteiger partial charge in [0.25, 0.3) is 11.8 Å². The molecule has 0 fully saturated rings. The molecule has 0 aliphatic heterocycles. The molecular weight excluding hydrogens is 440 g/mol. The molecule has 2 aliphatic rings. The Kier molecular flexibility index (Phi) is 5.90. The molecule has 5 rings (SSSR count). The third-order valence-corrected chi connectivity index (χ3v) is 8.92. The first-order valence-corrected chi connectivity index (χ1v) is 13.1. The SMILES string of the molecule is NC(=O)c1c(NC(=O)c2sc3nc4c(cc3c2N)CCCCC4)sc2c1CCCCCC2. The summed E-state index contributed by atoms with van der Waals surface area (Å²) in [7, 11) is 0. The number of anilines is 2. The van der Waals surface area contributed by atoms with E-state index in [1.165, 1.54) is 46.0 Å². The summed E-state index contributed by atoms with van der Waals surface area (Å²) in [5, 5.41) is 4.38. The topological polar surface area (TPSA) is 111 Å². The number of aromatic nitrogens is 1. The largest absolute Gasteiger partial charge is 0.397 e. The summed E-state index contributed by atoms with van der Waals surface area (Å²) < 4.78 is 0. The Bertz CT molecular complexity index is 1210. The fourth-order valence-electron chi connectivity index (χ4n) is 4.93. The fourth-order valence-corrected chi connectivity index (χ4v) is 7.21. The fraction of sp³-hybridized carbons (Fsp3) is 0.458. The lowest BCUT2D eigenvalue weighted by atomic mass is 9.96. The number of carbonyl (C=O) groups excluding carboxylic acids is 2. The van der Waals surface area contributed by atoms with E-state index in [0.717, 1.165) is 79.3 Å². The lowest BCUT2D eigenvalue weighted by molar-refractivity contribution is 0.100. The van der Waals surface area contributed by atoms with Gasteiger partial charge in [-0.3, -0.25) is 9.59 Å². The zero-order valence-corrected chi connectivity index (χ0v) is 19.7. The molecule has 2 amide bonds. The molecule has 32 heavy (non-hydrogen) atoms. The molecule has 0 radical (unpaired) electrons. The highest BCUT2D eigenvalue weighted by Gasteiger charge is 2.26. The minimum atomic E-state index is -0.479. The molecule has 5 N–H and O–H groups in total. The van der Waals surface area contributed by atoms with Crippen LogP contribution in [-0.2, 0) is 25.7 Å². The number of fused-ring (bicyclic) bond motifs is 3. The molecule has 0 saturated carbocycles. The monoisotopic (exact) mass is 468 g/mol. The number of amides is 2. The van der Waals surface area contributed by atoms with Crippen molar-refractivity contribution in [2.45, 2.75) is 70.6 Å². The van der Waals surface area contributed by atoms with E-state index in [1.807, 2.05) is 0 Å². The van der Waals surface area contributed by atoms with E-state index >= 15 is 0 Å². The van der Waals surface area contributed by atoms with Gasteiger partial charge in [0.2, 0.25) is 0 Å². The number of nitrogens with two attached hydrogens (primary N) is 2. The number of hydrogen-bond acceptors (Lipinski definition) is 6. The number of hydrogen-bond donors (Lipinski definition) is 3. The Morgan fingerprint density at radius 3 is 2.47 bits per heavy atom. The number of nitrogens with zero attached hydrogens (tertiary/aromatic N) is 1. The number of nitrogen functional groups attached to an aromatic ring is 1. The second-order valence-electron chi connectivity index (χ2n) is 8.79. The lowest BCUT2D eigenvalue weighted by Crippen LogP contribution is -2.18. The summed E-state index contributed by atoms with van der Waals surface area (Å²) in [6.45, 7) is 0. The van der Waals surface area contributed by atoms with E-state index in [1.54, 1.807) is 0 Å². The highest BCUT2D eigenvalue weighted by Crippen LogP contribution is 2.39. The molecule has 168 valence electrons. The summed E-state index contributed by atoms with van der Waals surface area (Å²) in [6, 6.07) is 2.12. The molecule has 0 atom stereocenters. The molecule has 3 aromatic rings.